The highest BCUT2D eigenvalue weighted by molar-refractivity contribution is 6.04. The van der Waals surface area contributed by atoms with E-state index in [2.05, 4.69) is 27.7 Å². The van der Waals surface area contributed by atoms with Gasteiger partial charge in [0, 0.05) is 28.9 Å². The Morgan fingerprint density at radius 2 is 1.06 bits per heavy atom. The van der Waals surface area contributed by atoms with E-state index < -0.39 is 0 Å². The first-order valence-corrected chi connectivity index (χ1v) is 12.4. The van der Waals surface area contributed by atoms with Crippen molar-refractivity contribution in [3.63, 3.8) is 0 Å². The fourth-order valence-corrected chi connectivity index (χ4v) is 4.54. The van der Waals surface area contributed by atoms with Crippen LogP contribution in [0.4, 0.5) is 11.4 Å². The molecule has 36 heavy (non-hydrogen) atoms. The lowest BCUT2D eigenvalue weighted by atomic mass is 9.97. The van der Waals surface area contributed by atoms with Gasteiger partial charge in [-0.2, -0.15) is 0 Å². The first-order valence-electron chi connectivity index (χ1n) is 12.4. The number of nitrogens with zero attached hydrogens (tertiary/aromatic N) is 2. The Kier molecular flexibility index (Phi) is 7.25. The second kappa shape index (κ2) is 10.4. The van der Waals surface area contributed by atoms with Crippen molar-refractivity contribution in [3.8, 4) is 11.5 Å². The molecule has 0 heterocycles. The summed E-state index contributed by atoms with van der Waals surface area (Å²) in [5, 5.41) is 23.6. The van der Waals surface area contributed by atoms with E-state index in [0.717, 1.165) is 44.4 Å². The second-order valence-corrected chi connectivity index (χ2v) is 10.1. The number of aliphatic imine (C=N–C) groups is 2. The summed E-state index contributed by atoms with van der Waals surface area (Å²) in [4.78, 5) is 9.57. The van der Waals surface area contributed by atoms with Gasteiger partial charge in [-0.3, -0.25) is 9.98 Å². The monoisotopic (exact) mass is 478 g/mol. The summed E-state index contributed by atoms with van der Waals surface area (Å²) in [6.07, 6.45) is 3.45. The highest BCUT2D eigenvalue weighted by Gasteiger charge is 2.13. The first-order chi connectivity index (χ1) is 17.2. The van der Waals surface area contributed by atoms with Crippen LogP contribution in [0.5, 0.6) is 11.5 Å². The van der Waals surface area contributed by atoms with E-state index in [9.17, 15) is 10.2 Å². The SMILES string of the molecule is Cc1cc(C=Nc2cccc3cccc(N=Cc4cc(C)cc(C(C)C)c4O)c23)c(O)c(C(C)C)c1. The van der Waals surface area contributed by atoms with Crippen molar-refractivity contribution in [2.75, 3.05) is 0 Å². The minimum absolute atomic E-state index is 0.213. The summed E-state index contributed by atoms with van der Waals surface area (Å²) in [5.41, 5.74) is 6.92. The number of aryl methyl sites for hydroxylation is 2. The third-order valence-electron chi connectivity index (χ3n) is 6.42. The van der Waals surface area contributed by atoms with Gasteiger partial charge < -0.3 is 10.2 Å². The number of phenolic OH excluding ortho intramolecular Hbond substituents is 2. The van der Waals surface area contributed by atoms with Gasteiger partial charge in [-0.1, -0.05) is 64.1 Å². The maximum Gasteiger partial charge on any atom is 0.127 e. The van der Waals surface area contributed by atoms with Crippen LogP contribution in [0, 0.1) is 13.8 Å². The Balaban J connectivity index is 1.79. The maximum atomic E-state index is 10.8. The fraction of sp³-hybridized carbons (Fsp3) is 0.250. The van der Waals surface area contributed by atoms with E-state index in [1.807, 2.05) is 74.5 Å². The molecule has 0 bridgehead atoms. The van der Waals surface area contributed by atoms with Gasteiger partial charge in [0.15, 0.2) is 0 Å². The quantitative estimate of drug-likeness (QED) is 0.272. The summed E-state index contributed by atoms with van der Waals surface area (Å²) in [7, 11) is 0. The van der Waals surface area contributed by atoms with Gasteiger partial charge >= 0.3 is 0 Å². The third-order valence-corrected chi connectivity index (χ3v) is 6.42. The zero-order valence-electron chi connectivity index (χ0n) is 21.9. The van der Waals surface area contributed by atoms with Crippen LogP contribution in [0.15, 0.2) is 70.6 Å². The van der Waals surface area contributed by atoms with Gasteiger partial charge in [0.25, 0.3) is 0 Å². The predicted octanol–water partition coefficient (Wildman–Crippen LogP) is 8.62. The topological polar surface area (TPSA) is 65.2 Å². The Labute approximate surface area is 213 Å². The highest BCUT2D eigenvalue weighted by atomic mass is 16.3. The Bertz CT molecular complexity index is 1370. The van der Waals surface area contributed by atoms with Gasteiger partial charge in [0.1, 0.15) is 11.5 Å². The largest absolute Gasteiger partial charge is 0.507 e. The summed E-state index contributed by atoms with van der Waals surface area (Å²) in [6.45, 7) is 12.3. The van der Waals surface area contributed by atoms with Crippen molar-refractivity contribution in [3.05, 3.63) is 94.0 Å². The number of fused-ring (bicyclic) bond motifs is 1. The van der Waals surface area contributed by atoms with E-state index >= 15 is 0 Å². The second-order valence-electron chi connectivity index (χ2n) is 10.1. The van der Waals surface area contributed by atoms with E-state index in [4.69, 9.17) is 9.98 Å². The van der Waals surface area contributed by atoms with Crippen molar-refractivity contribution in [2.45, 2.75) is 53.4 Å². The van der Waals surface area contributed by atoms with Crippen LogP contribution in [0.3, 0.4) is 0 Å². The number of phenols is 2. The molecule has 4 heteroatoms. The van der Waals surface area contributed by atoms with Gasteiger partial charge in [-0.15, -0.1) is 0 Å². The Hall–Kier alpha value is -3.92. The van der Waals surface area contributed by atoms with Crippen molar-refractivity contribution < 1.29 is 10.2 Å². The molecule has 0 saturated carbocycles. The molecule has 4 aromatic rings. The third kappa shape index (κ3) is 5.18. The number of hydrogen-bond donors (Lipinski definition) is 2. The maximum absolute atomic E-state index is 10.8. The van der Waals surface area contributed by atoms with Crippen LogP contribution in [0.1, 0.15) is 72.9 Å². The number of hydrogen-bond acceptors (Lipinski definition) is 4. The van der Waals surface area contributed by atoms with E-state index in [1.165, 1.54) is 0 Å². The zero-order valence-corrected chi connectivity index (χ0v) is 21.9. The van der Waals surface area contributed by atoms with Gasteiger partial charge in [-0.25, -0.2) is 0 Å². The summed E-state index contributed by atoms with van der Waals surface area (Å²) >= 11 is 0. The Morgan fingerprint density at radius 3 is 1.44 bits per heavy atom. The molecular formula is C32H34N2O2. The van der Waals surface area contributed by atoms with Crippen molar-refractivity contribution in [1.29, 1.82) is 0 Å². The van der Waals surface area contributed by atoms with E-state index in [0.29, 0.717) is 11.1 Å². The van der Waals surface area contributed by atoms with E-state index in [-0.39, 0.29) is 23.3 Å². The fourth-order valence-electron chi connectivity index (χ4n) is 4.54. The molecule has 0 aromatic heterocycles. The van der Waals surface area contributed by atoms with E-state index in [1.54, 1.807) is 12.4 Å². The highest BCUT2D eigenvalue weighted by Crippen LogP contribution is 2.36. The lowest BCUT2D eigenvalue weighted by Crippen LogP contribution is -1.94. The molecule has 0 amide bonds. The average Bonchev–Trinajstić information content (AvgIpc) is 2.84. The van der Waals surface area contributed by atoms with Gasteiger partial charge in [-0.05, 0) is 77.6 Å². The molecule has 2 N–H and O–H groups in total. The molecule has 0 aliphatic rings. The molecule has 0 saturated heterocycles. The molecule has 4 nitrogen and oxygen atoms in total. The smallest absolute Gasteiger partial charge is 0.127 e. The predicted molar refractivity (Wildman–Crippen MR) is 152 cm³/mol. The molecule has 4 aromatic carbocycles. The number of rotatable bonds is 6. The molecule has 0 aliphatic carbocycles. The van der Waals surface area contributed by atoms with Crippen molar-refractivity contribution >= 4 is 34.6 Å². The number of benzene rings is 4. The van der Waals surface area contributed by atoms with Crippen LogP contribution in [0.25, 0.3) is 10.8 Å². The summed E-state index contributed by atoms with van der Waals surface area (Å²) in [5.74, 6) is 0.969. The minimum atomic E-state index is 0.213. The molecule has 0 aliphatic heterocycles. The van der Waals surface area contributed by atoms with Crippen LogP contribution in [0.2, 0.25) is 0 Å². The molecule has 0 unspecified atom stereocenters. The van der Waals surface area contributed by atoms with Crippen molar-refractivity contribution in [2.24, 2.45) is 9.98 Å². The van der Waals surface area contributed by atoms with Crippen LogP contribution < -0.4 is 0 Å². The summed E-state index contributed by atoms with van der Waals surface area (Å²) in [6, 6.07) is 19.9. The lowest BCUT2D eigenvalue weighted by molar-refractivity contribution is 0.463. The lowest BCUT2D eigenvalue weighted by Gasteiger charge is -2.12. The molecule has 0 atom stereocenters. The van der Waals surface area contributed by atoms with Crippen molar-refractivity contribution in [1.82, 2.24) is 0 Å². The molecule has 0 fully saturated rings. The zero-order chi connectivity index (χ0) is 26.0. The first kappa shape index (κ1) is 25.2. The molecular weight excluding hydrogens is 444 g/mol. The molecule has 0 radical (unpaired) electrons. The number of aromatic hydroxyl groups is 2. The summed E-state index contributed by atoms with van der Waals surface area (Å²) < 4.78 is 0. The molecule has 184 valence electrons. The van der Waals surface area contributed by atoms with Crippen LogP contribution >= 0.6 is 0 Å². The average molecular weight is 479 g/mol. The molecule has 4 rings (SSSR count). The van der Waals surface area contributed by atoms with Gasteiger partial charge in [0.2, 0.25) is 0 Å². The minimum Gasteiger partial charge on any atom is -0.507 e. The van der Waals surface area contributed by atoms with Gasteiger partial charge in [0.05, 0.1) is 11.4 Å². The molecule has 0 spiro atoms. The Morgan fingerprint density at radius 1 is 0.639 bits per heavy atom. The standard InChI is InChI=1S/C32H34N2O2/c1-19(2)26-15-21(5)13-24(31(26)35)17-33-28-11-7-9-23-10-8-12-29(30(23)28)34-18-25-14-22(6)16-27(20(3)4)32(25)36/h7-20,35-36H,1-6H3. The van der Waals surface area contributed by atoms with Crippen LogP contribution in [-0.4, -0.2) is 22.6 Å². The normalized spacial score (nSPS) is 12.1. The van der Waals surface area contributed by atoms with Crippen LogP contribution in [-0.2, 0) is 0 Å².